The fraction of sp³-hybridized carbons (Fsp3) is 0.154. The van der Waals surface area contributed by atoms with E-state index in [9.17, 15) is 0 Å². The Morgan fingerprint density at radius 1 is 0.808 bits per heavy atom. The van der Waals surface area contributed by atoms with Gasteiger partial charge in [-0.05, 0) is 50.7 Å². The van der Waals surface area contributed by atoms with Gasteiger partial charge in [-0.25, -0.2) is 0 Å². The van der Waals surface area contributed by atoms with Crippen LogP contribution in [0.4, 0.5) is 0 Å². The van der Waals surface area contributed by atoms with Crippen LogP contribution in [0, 0.1) is 0 Å². The highest BCUT2D eigenvalue weighted by Gasteiger charge is 2.29. The van der Waals surface area contributed by atoms with Crippen molar-refractivity contribution in [2.24, 2.45) is 0 Å². The molecule has 1 aliphatic carbocycles. The Bertz CT molecular complexity index is 1170. The first-order chi connectivity index (χ1) is 12.7. The first-order valence-electron chi connectivity index (χ1n) is 9.41. The van der Waals surface area contributed by atoms with Gasteiger partial charge < -0.3 is 0 Å². The van der Waals surface area contributed by atoms with E-state index < -0.39 is 0 Å². The van der Waals surface area contributed by atoms with Gasteiger partial charge in [0, 0.05) is 5.41 Å². The molecule has 1 aliphatic rings. The van der Waals surface area contributed by atoms with Gasteiger partial charge in [0.05, 0.1) is 0 Å². The molecule has 0 spiro atoms. The van der Waals surface area contributed by atoms with E-state index in [2.05, 4.69) is 97.9 Å². The summed E-state index contributed by atoms with van der Waals surface area (Å²) in [5.41, 5.74) is 2.92. The van der Waals surface area contributed by atoms with Gasteiger partial charge in [-0.3, -0.25) is 0 Å². The highest BCUT2D eigenvalue weighted by atomic mass is 14.3. The number of benzene rings is 4. The monoisotopic (exact) mass is 334 g/mol. The molecular formula is C26H22. The van der Waals surface area contributed by atoms with Crippen LogP contribution in [-0.2, 0) is 5.41 Å². The van der Waals surface area contributed by atoms with E-state index in [1.165, 1.54) is 37.9 Å². The lowest BCUT2D eigenvalue weighted by atomic mass is 9.71. The predicted octanol–water partition coefficient (Wildman–Crippen LogP) is 6.26. The molecule has 0 amide bonds. The molecule has 0 bridgehead atoms. The Kier molecular flexibility index (Phi) is 3.46. The van der Waals surface area contributed by atoms with Crippen LogP contribution in [0.2, 0.25) is 0 Å². The molecule has 0 radical (unpaired) electrons. The molecule has 1 unspecified atom stereocenters. The molecule has 0 N–H and O–H groups in total. The van der Waals surface area contributed by atoms with Crippen molar-refractivity contribution in [1.82, 2.24) is 0 Å². The van der Waals surface area contributed by atoms with Crippen LogP contribution in [0.15, 0.2) is 78.9 Å². The van der Waals surface area contributed by atoms with Crippen molar-refractivity contribution in [1.29, 1.82) is 0 Å². The number of hydrogen-bond donors (Lipinski definition) is 0. The predicted molar refractivity (Wildman–Crippen MR) is 113 cm³/mol. The Hall–Kier alpha value is -2.86. The van der Waals surface area contributed by atoms with Gasteiger partial charge >= 0.3 is 0 Å². The van der Waals surface area contributed by atoms with Crippen LogP contribution in [0.1, 0.15) is 30.9 Å². The third kappa shape index (κ3) is 2.37. The van der Waals surface area contributed by atoms with Crippen LogP contribution in [0.25, 0.3) is 33.7 Å². The van der Waals surface area contributed by atoms with E-state index in [4.69, 9.17) is 0 Å². The van der Waals surface area contributed by atoms with Crippen LogP contribution in [0.3, 0.4) is 0 Å². The summed E-state index contributed by atoms with van der Waals surface area (Å²) in [5.74, 6) is 0. The fourth-order valence-electron chi connectivity index (χ4n) is 4.44. The highest BCUT2D eigenvalue weighted by Crippen LogP contribution is 2.40. The Balaban J connectivity index is 1.62. The van der Waals surface area contributed by atoms with E-state index in [-0.39, 0.29) is 5.41 Å². The molecular weight excluding hydrogens is 312 g/mol. The van der Waals surface area contributed by atoms with Gasteiger partial charge in [-0.1, -0.05) is 97.9 Å². The standard InChI is InChI=1S/C26H22/c1-26(17-6-9-19-7-3-2-4-8-19)18-16-22-13-12-20-10-5-11-21-14-15-23(26)25(22)24(20)21/h2-16H,17-18H2,1H3/b9-6+. The lowest BCUT2D eigenvalue weighted by Crippen LogP contribution is -2.27. The molecule has 0 heteroatoms. The molecule has 5 rings (SSSR count). The Labute approximate surface area is 154 Å². The Morgan fingerprint density at radius 3 is 2.38 bits per heavy atom. The topological polar surface area (TPSA) is 0 Å². The zero-order valence-electron chi connectivity index (χ0n) is 15.1. The second kappa shape index (κ2) is 5.85. The fourth-order valence-corrected chi connectivity index (χ4v) is 4.44. The van der Waals surface area contributed by atoms with Gasteiger partial charge in [0.25, 0.3) is 0 Å². The van der Waals surface area contributed by atoms with Crippen LogP contribution < -0.4 is 5.22 Å². The maximum absolute atomic E-state index is 2.44. The van der Waals surface area contributed by atoms with Crippen molar-refractivity contribution >= 4 is 33.7 Å². The average molecular weight is 334 g/mol. The normalized spacial score (nSPS) is 19.3. The minimum atomic E-state index is 0.149. The van der Waals surface area contributed by atoms with Gasteiger partial charge in [0.1, 0.15) is 0 Å². The molecule has 26 heavy (non-hydrogen) atoms. The molecule has 126 valence electrons. The van der Waals surface area contributed by atoms with E-state index in [1.807, 2.05) is 0 Å². The minimum absolute atomic E-state index is 0.149. The lowest BCUT2D eigenvalue weighted by molar-refractivity contribution is 0.498. The largest absolute Gasteiger partial charge is 0.0831 e. The number of hydrogen-bond acceptors (Lipinski definition) is 0. The van der Waals surface area contributed by atoms with E-state index in [0.717, 1.165) is 12.8 Å². The van der Waals surface area contributed by atoms with Gasteiger partial charge in [-0.15, -0.1) is 0 Å². The van der Waals surface area contributed by atoms with Crippen molar-refractivity contribution in [2.75, 3.05) is 0 Å². The summed E-state index contributed by atoms with van der Waals surface area (Å²) in [6.45, 7) is 2.41. The zero-order valence-corrected chi connectivity index (χ0v) is 15.1. The first kappa shape index (κ1) is 15.4. The second-order valence-corrected chi connectivity index (χ2v) is 7.71. The van der Waals surface area contributed by atoms with Crippen molar-refractivity contribution in [3.63, 3.8) is 0 Å². The highest BCUT2D eigenvalue weighted by molar-refractivity contribution is 6.12. The van der Waals surface area contributed by atoms with Crippen molar-refractivity contribution in [3.8, 4) is 0 Å². The zero-order chi connectivity index (χ0) is 17.6. The van der Waals surface area contributed by atoms with Gasteiger partial charge in [-0.2, -0.15) is 0 Å². The summed E-state index contributed by atoms with van der Waals surface area (Å²) < 4.78 is 0. The lowest BCUT2D eigenvalue weighted by Gasteiger charge is -2.33. The molecule has 0 saturated carbocycles. The summed E-state index contributed by atoms with van der Waals surface area (Å²) in [6.07, 6.45) is 9.17. The van der Waals surface area contributed by atoms with Gasteiger partial charge in [0.2, 0.25) is 0 Å². The first-order valence-corrected chi connectivity index (χ1v) is 9.41. The van der Waals surface area contributed by atoms with E-state index in [0.29, 0.717) is 0 Å². The maximum atomic E-state index is 2.44. The molecule has 0 nitrogen and oxygen atoms in total. The third-order valence-corrected chi connectivity index (χ3v) is 5.91. The summed E-state index contributed by atoms with van der Waals surface area (Å²) in [4.78, 5) is 0. The number of allylic oxidation sites excluding steroid dienone is 1. The summed E-state index contributed by atoms with van der Waals surface area (Å²) in [7, 11) is 0. The molecule has 4 aromatic rings. The average Bonchev–Trinajstić information content (AvgIpc) is 2.68. The quantitative estimate of drug-likeness (QED) is 0.415. The summed E-state index contributed by atoms with van der Waals surface area (Å²) in [6, 6.07) is 26.4. The van der Waals surface area contributed by atoms with E-state index in [1.54, 1.807) is 0 Å². The molecule has 0 fully saturated rings. The molecule has 0 heterocycles. The molecule has 1 atom stereocenters. The Morgan fingerprint density at radius 2 is 1.58 bits per heavy atom. The van der Waals surface area contributed by atoms with Crippen LogP contribution in [0.5, 0.6) is 0 Å². The van der Waals surface area contributed by atoms with Crippen molar-refractivity contribution in [3.05, 3.63) is 95.2 Å². The summed E-state index contributed by atoms with van der Waals surface area (Å²) >= 11 is 0. The smallest absolute Gasteiger partial charge is 0.0000414 e. The maximum Gasteiger partial charge on any atom is 0.0000414 e. The van der Waals surface area contributed by atoms with Crippen molar-refractivity contribution < 1.29 is 0 Å². The third-order valence-electron chi connectivity index (χ3n) is 5.91. The van der Waals surface area contributed by atoms with Crippen molar-refractivity contribution in [2.45, 2.75) is 25.2 Å². The summed E-state index contributed by atoms with van der Waals surface area (Å²) in [5, 5.41) is 6.98. The van der Waals surface area contributed by atoms with Gasteiger partial charge in [0.15, 0.2) is 0 Å². The molecule has 4 aromatic carbocycles. The second-order valence-electron chi connectivity index (χ2n) is 7.71. The van der Waals surface area contributed by atoms with E-state index >= 15 is 0 Å². The molecule has 0 aliphatic heterocycles. The number of rotatable bonds is 3. The molecule has 0 saturated heterocycles. The SMILES string of the molecule is CC1(C/C=C/c2ccccc2)CC=c2ccc3cccc4ccc1c2c43. The molecule has 0 aromatic heterocycles. The van der Waals surface area contributed by atoms with Crippen LogP contribution in [-0.4, -0.2) is 0 Å². The minimum Gasteiger partial charge on any atom is -0.0831 e. The van der Waals surface area contributed by atoms with Crippen LogP contribution >= 0.6 is 0 Å².